The summed E-state index contributed by atoms with van der Waals surface area (Å²) in [6.07, 6.45) is -0.125. The molecule has 11 nitrogen and oxygen atoms in total. The van der Waals surface area contributed by atoms with Crippen LogP contribution in [0.4, 0.5) is 0 Å². The first kappa shape index (κ1) is 28.7. The van der Waals surface area contributed by atoms with Crippen molar-refractivity contribution in [1.29, 1.82) is 0 Å². The lowest BCUT2D eigenvalue weighted by Crippen LogP contribution is -2.58. The van der Waals surface area contributed by atoms with E-state index >= 15 is 0 Å². The van der Waals surface area contributed by atoms with E-state index in [2.05, 4.69) is 28.6 Å². The van der Waals surface area contributed by atoms with Gasteiger partial charge in [0.2, 0.25) is 17.7 Å². The molecule has 0 aromatic heterocycles. The molecule has 31 heavy (non-hydrogen) atoms. The fraction of sp³-hybridized carbons (Fsp3) is 0.737. The van der Waals surface area contributed by atoms with E-state index in [9.17, 15) is 24.0 Å². The number of aliphatic carboxylic acids is 2. The number of nitrogens with one attached hydrogen (secondary N) is 3. The number of amides is 3. The van der Waals surface area contributed by atoms with Crippen LogP contribution in [-0.2, 0) is 24.0 Å². The first-order valence-corrected chi connectivity index (χ1v) is 10.6. The number of carboxylic acid groups (broad SMARTS) is 2. The van der Waals surface area contributed by atoms with E-state index in [1.54, 1.807) is 13.8 Å². The Bertz CT molecular complexity index is 657. The lowest BCUT2D eigenvalue weighted by Gasteiger charge is -2.27. The molecule has 0 heterocycles. The molecule has 0 aromatic rings. The van der Waals surface area contributed by atoms with Crippen LogP contribution in [0.1, 0.15) is 47.0 Å². The Labute approximate surface area is 187 Å². The maximum Gasteiger partial charge on any atom is 0.327 e. The molecule has 0 rings (SSSR count). The monoisotopic (exact) mass is 462 g/mol. The highest BCUT2D eigenvalue weighted by molar-refractivity contribution is 7.80. The predicted octanol–water partition coefficient (Wildman–Crippen LogP) is -0.651. The summed E-state index contributed by atoms with van der Waals surface area (Å²) in [5, 5.41) is 25.2. The van der Waals surface area contributed by atoms with Crippen LogP contribution in [0, 0.1) is 11.8 Å². The summed E-state index contributed by atoms with van der Waals surface area (Å²) >= 11 is 3.90. The molecule has 0 saturated heterocycles. The molecule has 0 aliphatic carbocycles. The van der Waals surface area contributed by atoms with Crippen molar-refractivity contribution in [3.63, 3.8) is 0 Å². The Morgan fingerprint density at radius 3 is 1.84 bits per heavy atom. The molecule has 0 aromatic carbocycles. The number of hydrogen-bond donors (Lipinski definition) is 7. The van der Waals surface area contributed by atoms with Gasteiger partial charge in [-0.05, 0) is 24.7 Å². The molecule has 178 valence electrons. The molecule has 0 bridgehead atoms. The van der Waals surface area contributed by atoms with Gasteiger partial charge in [-0.15, -0.1) is 0 Å². The summed E-state index contributed by atoms with van der Waals surface area (Å²) in [6.45, 7) is 7.04. The van der Waals surface area contributed by atoms with Gasteiger partial charge in [0, 0.05) is 12.2 Å². The first-order chi connectivity index (χ1) is 14.3. The fourth-order valence-electron chi connectivity index (χ4n) is 2.63. The molecular weight excluding hydrogens is 428 g/mol. The summed E-state index contributed by atoms with van der Waals surface area (Å²) in [6, 6.07) is -4.36. The van der Waals surface area contributed by atoms with Gasteiger partial charge in [0.05, 0.1) is 6.04 Å². The second-order valence-electron chi connectivity index (χ2n) is 8.04. The average molecular weight is 463 g/mol. The minimum absolute atomic E-state index is 0.0122. The molecule has 0 radical (unpaired) electrons. The van der Waals surface area contributed by atoms with Crippen LogP contribution in [0.2, 0.25) is 0 Å². The molecule has 0 saturated carbocycles. The number of thiol groups is 1. The van der Waals surface area contributed by atoms with E-state index in [0.29, 0.717) is 0 Å². The van der Waals surface area contributed by atoms with Crippen molar-refractivity contribution in [3.05, 3.63) is 0 Å². The highest BCUT2D eigenvalue weighted by Crippen LogP contribution is 2.09. The highest BCUT2D eigenvalue weighted by atomic mass is 32.1. The summed E-state index contributed by atoms with van der Waals surface area (Å²) in [5.41, 5.74) is 5.71. The molecule has 4 unspecified atom stereocenters. The number of carbonyl (C=O) groups excluding carboxylic acids is 3. The Hall–Kier alpha value is -2.34. The molecule has 0 spiro atoms. The summed E-state index contributed by atoms with van der Waals surface area (Å²) in [7, 11) is 0. The van der Waals surface area contributed by atoms with Crippen molar-refractivity contribution in [2.24, 2.45) is 17.6 Å². The molecule has 12 heteroatoms. The van der Waals surface area contributed by atoms with Crippen molar-refractivity contribution in [1.82, 2.24) is 16.0 Å². The number of rotatable bonds is 14. The molecule has 4 atom stereocenters. The van der Waals surface area contributed by atoms with Crippen LogP contribution in [0.25, 0.3) is 0 Å². The fourth-order valence-corrected chi connectivity index (χ4v) is 2.88. The maximum atomic E-state index is 12.8. The molecule has 7 N–H and O–H groups in total. The van der Waals surface area contributed by atoms with Gasteiger partial charge in [-0.1, -0.05) is 27.7 Å². The van der Waals surface area contributed by atoms with Crippen molar-refractivity contribution >= 4 is 42.3 Å². The third-order valence-corrected chi connectivity index (χ3v) is 4.76. The summed E-state index contributed by atoms with van der Waals surface area (Å²) in [4.78, 5) is 59.5. The number of hydrogen-bond acceptors (Lipinski definition) is 7. The van der Waals surface area contributed by atoms with Crippen LogP contribution in [0.15, 0.2) is 0 Å². The van der Waals surface area contributed by atoms with Gasteiger partial charge in [-0.2, -0.15) is 12.6 Å². The van der Waals surface area contributed by atoms with Crippen LogP contribution in [0.3, 0.4) is 0 Å². The number of carboxylic acids is 2. The van der Waals surface area contributed by atoms with Gasteiger partial charge < -0.3 is 31.9 Å². The molecule has 0 fully saturated rings. The molecule has 0 aliphatic heterocycles. The van der Waals surface area contributed by atoms with Crippen molar-refractivity contribution in [2.45, 2.75) is 71.1 Å². The van der Waals surface area contributed by atoms with Gasteiger partial charge in [-0.25, -0.2) is 4.79 Å². The minimum atomic E-state index is -1.25. The van der Waals surface area contributed by atoms with Gasteiger partial charge in [-0.3, -0.25) is 19.2 Å². The van der Waals surface area contributed by atoms with E-state index in [4.69, 9.17) is 15.9 Å². The van der Waals surface area contributed by atoms with Crippen molar-refractivity contribution in [2.75, 3.05) is 5.75 Å². The topological polar surface area (TPSA) is 188 Å². The van der Waals surface area contributed by atoms with Gasteiger partial charge in [0.15, 0.2) is 0 Å². The Morgan fingerprint density at radius 2 is 1.42 bits per heavy atom. The van der Waals surface area contributed by atoms with Crippen LogP contribution >= 0.6 is 12.6 Å². The Kier molecular flexibility index (Phi) is 12.8. The standard InChI is InChI=1S/C19H34N4O7S/c1-9(2)7-12(21-16(26)11(20)5-6-14(24)25)17(27)23-15(10(3)4)18(28)22-13(8-31)19(29)30/h9-13,15,31H,5-8,20H2,1-4H3,(H,21,26)(H,22,28)(H,23,27)(H,24,25)(H,29,30). The lowest BCUT2D eigenvalue weighted by atomic mass is 9.99. The number of carbonyl (C=O) groups is 5. The van der Waals surface area contributed by atoms with E-state index in [-0.39, 0.29) is 36.9 Å². The second-order valence-corrected chi connectivity index (χ2v) is 8.41. The minimum Gasteiger partial charge on any atom is -0.481 e. The van der Waals surface area contributed by atoms with Crippen LogP contribution in [-0.4, -0.2) is 69.8 Å². The summed E-state index contributed by atoms with van der Waals surface area (Å²) in [5.74, 6) is -4.81. The van der Waals surface area contributed by atoms with Gasteiger partial charge >= 0.3 is 11.9 Å². The van der Waals surface area contributed by atoms with E-state index in [1.165, 1.54) is 0 Å². The zero-order chi connectivity index (χ0) is 24.3. The van der Waals surface area contributed by atoms with Crippen molar-refractivity contribution < 1.29 is 34.2 Å². The SMILES string of the molecule is CC(C)CC(NC(=O)C(N)CCC(=O)O)C(=O)NC(C(=O)NC(CS)C(=O)O)C(C)C. The van der Waals surface area contributed by atoms with E-state index < -0.39 is 53.8 Å². The smallest absolute Gasteiger partial charge is 0.327 e. The highest BCUT2D eigenvalue weighted by Gasteiger charge is 2.31. The Morgan fingerprint density at radius 1 is 0.871 bits per heavy atom. The lowest BCUT2D eigenvalue weighted by molar-refractivity contribution is -0.142. The molecular formula is C19H34N4O7S. The normalized spacial score (nSPS) is 15.0. The largest absolute Gasteiger partial charge is 0.481 e. The Balaban J connectivity index is 5.31. The maximum absolute atomic E-state index is 12.8. The van der Waals surface area contributed by atoms with E-state index in [1.807, 2.05) is 13.8 Å². The third kappa shape index (κ3) is 11.0. The molecule has 3 amide bonds. The van der Waals surface area contributed by atoms with E-state index in [0.717, 1.165) is 0 Å². The number of nitrogens with two attached hydrogens (primary N) is 1. The zero-order valence-corrected chi connectivity index (χ0v) is 19.1. The quantitative estimate of drug-likeness (QED) is 0.166. The second kappa shape index (κ2) is 13.9. The zero-order valence-electron chi connectivity index (χ0n) is 18.3. The summed E-state index contributed by atoms with van der Waals surface area (Å²) < 4.78 is 0. The van der Waals surface area contributed by atoms with Crippen LogP contribution in [0.5, 0.6) is 0 Å². The predicted molar refractivity (Wildman–Crippen MR) is 116 cm³/mol. The van der Waals surface area contributed by atoms with Gasteiger partial charge in [0.25, 0.3) is 0 Å². The average Bonchev–Trinajstić information content (AvgIpc) is 2.66. The van der Waals surface area contributed by atoms with Gasteiger partial charge in [0.1, 0.15) is 18.1 Å². The van der Waals surface area contributed by atoms with Crippen molar-refractivity contribution in [3.8, 4) is 0 Å². The molecule has 0 aliphatic rings. The third-order valence-electron chi connectivity index (χ3n) is 4.39. The van der Waals surface area contributed by atoms with Crippen LogP contribution < -0.4 is 21.7 Å². The first-order valence-electron chi connectivity index (χ1n) is 10.0.